The summed E-state index contributed by atoms with van der Waals surface area (Å²) >= 11 is 0. The van der Waals surface area contributed by atoms with Crippen molar-refractivity contribution >= 4 is 0 Å². The van der Waals surface area contributed by atoms with Crippen molar-refractivity contribution < 1.29 is 0 Å². The Morgan fingerprint density at radius 3 is 2.48 bits per heavy atom. The van der Waals surface area contributed by atoms with Gasteiger partial charge >= 0.3 is 0 Å². The number of aromatic nitrogens is 2. The Morgan fingerprint density at radius 1 is 1.04 bits per heavy atom. The van der Waals surface area contributed by atoms with Gasteiger partial charge in [0.1, 0.15) is 0 Å². The third kappa shape index (κ3) is 3.37. The average Bonchev–Trinajstić information content (AvgIpc) is 3.42. The second kappa shape index (κ2) is 6.28. The molecule has 120 valence electrons. The fourth-order valence-corrected chi connectivity index (χ4v) is 3.57. The van der Waals surface area contributed by atoms with Crippen molar-refractivity contribution in [2.75, 3.05) is 13.1 Å². The van der Waals surface area contributed by atoms with E-state index in [-0.39, 0.29) is 5.56 Å². The van der Waals surface area contributed by atoms with E-state index in [0.717, 1.165) is 43.7 Å². The highest BCUT2D eigenvalue weighted by atomic mass is 16.1. The molecule has 2 fully saturated rings. The van der Waals surface area contributed by atoms with Gasteiger partial charge in [0.15, 0.2) is 0 Å². The first-order valence-corrected chi connectivity index (χ1v) is 8.65. The van der Waals surface area contributed by atoms with Crippen LogP contribution >= 0.6 is 0 Å². The summed E-state index contributed by atoms with van der Waals surface area (Å²) in [7, 11) is 0. The van der Waals surface area contributed by atoms with E-state index in [1.54, 1.807) is 0 Å². The topological polar surface area (TPSA) is 49.0 Å². The van der Waals surface area contributed by atoms with E-state index in [1.807, 2.05) is 0 Å². The van der Waals surface area contributed by atoms with E-state index in [0.29, 0.717) is 11.8 Å². The molecule has 23 heavy (non-hydrogen) atoms. The minimum Gasteiger partial charge on any atom is -0.299 e. The summed E-state index contributed by atoms with van der Waals surface area (Å²) in [6.07, 6.45) is 4.55. The molecule has 1 saturated heterocycles. The number of hydrogen-bond donors (Lipinski definition) is 1. The standard InChI is InChI=1S/C19H23N3O/c23-19-17(12-18(20-21-19)16-6-7-16)15-8-10-22(11-9-15)13-14-4-2-1-3-5-14/h1-5,12,15-16H,6-11,13H2,(H,21,23). The third-order valence-corrected chi connectivity index (χ3v) is 5.12. The average molecular weight is 309 g/mol. The van der Waals surface area contributed by atoms with Gasteiger partial charge in [-0.05, 0) is 56.3 Å². The predicted octanol–water partition coefficient (Wildman–Crippen LogP) is 3.03. The molecule has 0 bridgehead atoms. The summed E-state index contributed by atoms with van der Waals surface area (Å²) in [5, 5.41) is 6.94. The highest BCUT2D eigenvalue weighted by Gasteiger charge is 2.28. The molecule has 2 heterocycles. The number of H-pyrrole nitrogens is 1. The highest BCUT2D eigenvalue weighted by Crippen LogP contribution is 2.39. The molecule has 1 aromatic heterocycles. The van der Waals surface area contributed by atoms with Crippen molar-refractivity contribution in [2.45, 2.75) is 44.1 Å². The van der Waals surface area contributed by atoms with Gasteiger partial charge < -0.3 is 0 Å². The molecule has 1 aliphatic carbocycles. The van der Waals surface area contributed by atoms with Crippen molar-refractivity contribution in [3.8, 4) is 0 Å². The monoisotopic (exact) mass is 309 g/mol. The van der Waals surface area contributed by atoms with Gasteiger partial charge in [0.05, 0.1) is 5.69 Å². The van der Waals surface area contributed by atoms with E-state index >= 15 is 0 Å². The highest BCUT2D eigenvalue weighted by molar-refractivity contribution is 5.23. The van der Waals surface area contributed by atoms with Crippen molar-refractivity contribution in [3.63, 3.8) is 0 Å². The normalized spacial score (nSPS) is 19.8. The summed E-state index contributed by atoms with van der Waals surface area (Å²) in [6.45, 7) is 3.12. The molecule has 0 spiro atoms. The zero-order chi connectivity index (χ0) is 15.6. The lowest BCUT2D eigenvalue weighted by Crippen LogP contribution is -2.34. The summed E-state index contributed by atoms with van der Waals surface area (Å²) in [5.74, 6) is 0.968. The molecule has 1 aliphatic heterocycles. The van der Waals surface area contributed by atoms with Crippen LogP contribution < -0.4 is 5.56 Å². The minimum atomic E-state index is 0.0101. The van der Waals surface area contributed by atoms with Gasteiger partial charge in [-0.2, -0.15) is 5.10 Å². The molecule has 1 N–H and O–H groups in total. The van der Waals surface area contributed by atoms with Crippen molar-refractivity contribution in [1.82, 2.24) is 15.1 Å². The van der Waals surface area contributed by atoms with Crippen LogP contribution in [0, 0.1) is 0 Å². The van der Waals surface area contributed by atoms with Gasteiger partial charge in [-0.3, -0.25) is 9.69 Å². The summed E-state index contributed by atoms with van der Waals surface area (Å²) in [5.41, 5.74) is 3.42. The molecule has 2 aliphatic rings. The van der Waals surface area contributed by atoms with E-state index in [1.165, 1.54) is 18.4 Å². The van der Waals surface area contributed by atoms with Gasteiger partial charge in [0.2, 0.25) is 0 Å². The smallest absolute Gasteiger partial charge is 0.267 e. The molecule has 0 unspecified atom stereocenters. The van der Waals surface area contributed by atoms with Gasteiger partial charge in [0.25, 0.3) is 5.56 Å². The maximum Gasteiger partial charge on any atom is 0.267 e. The van der Waals surface area contributed by atoms with Crippen molar-refractivity contribution in [2.24, 2.45) is 0 Å². The maximum absolute atomic E-state index is 12.2. The van der Waals surface area contributed by atoms with Crippen LogP contribution in [0.15, 0.2) is 41.2 Å². The molecule has 4 heteroatoms. The number of nitrogens with one attached hydrogen (secondary N) is 1. The number of benzene rings is 1. The predicted molar refractivity (Wildman–Crippen MR) is 90.5 cm³/mol. The summed E-state index contributed by atoms with van der Waals surface area (Å²) in [4.78, 5) is 14.6. The molecule has 1 aromatic carbocycles. The fourth-order valence-electron chi connectivity index (χ4n) is 3.57. The van der Waals surface area contributed by atoms with Crippen LogP contribution in [-0.4, -0.2) is 28.2 Å². The Hall–Kier alpha value is -1.94. The minimum absolute atomic E-state index is 0.0101. The third-order valence-electron chi connectivity index (χ3n) is 5.12. The zero-order valence-electron chi connectivity index (χ0n) is 13.4. The Kier molecular flexibility index (Phi) is 4.00. The largest absolute Gasteiger partial charge is 0.299 e. The first-order valence-electron chi connectivity index (χ1n) is 8.65. The number of aromatic amines is 1. The molecule has 1 saturated carbocycles. The number of hydrogen-bond acceptors (Lipinski definition) is 3. The van der Waals surface area contributed by atoms with Gasteiger partial charge in [-0.15, -0.1) is 0 Å². The van der Waals surface area contributed by atoms with Crippen LogP contribution in [0.4, 0.5) is 0 Å². The SMILES string of the molecule is O=c1[nH]nc(C2CC2)cc1C1CCN(Cc2ccccc2)CC1. The Morgan fingerprint density at radius 2 is 1.78 bits per heavy atom. The number of nitrogens with zero attached hydrogens (tertiary/aromatic N) is 2. The van der Waals surface area contributed by atoms with Gasteiger partial charge in [-0.25, -0.2) is 5.10 Å². The zero-order valence-corrected chi connectivity index (χ0v) is 13.4. The van der Waals surface area contributed by atoms with Crippen LogP contribution in [0.5, 0.6) is 0 Å². The van der Waals surface area contributed by atoms with Crippen LogP contribution in [-0.2, 0) is 6.54 Å². The molecular weight excluding hydrogens is 286 g/mol. The summed E-state index contributed by atoms with van der Waals surface area (Å²) in [6, 6.07) is 12.7. The van der Waals surface area contributed by atoms with E-state index in [9.17, 15) is 4.79 Å². The van der Waals surface area contributed by atoms with Gasteiger partial charge in [0, 0.05) is 18.0 Å². The fraction of sp³-hybridized carbons (Fsp3) is 0.474. The van der Waals surface area contributed by atoms with Crippen LogP contribution in [0.1, 0.15) is 54.3 Å². The first-order chi connectivity index (χ1) is 11.3. The quantitative estimate of drug-likeness (QED) is 0.944. The molecule has 2 aromatic rings. The molecule has 0 amide bonds. The summed E-state index contributed by atoms with van der Waals surface area (Å²) < 4.78 is 0. The molecule has 4 nitrogen and oxygen atoms in total. The lowest BCUT2D eigenvalue weighted by Gasteiger charge is -2.31. The number of likely N-dealkylation sites (tertiary alicyclic amines) is 1. The maximum atomic E-state index is 12.2. The van der Waals surface area contributed by atoms with Crippen molar-refractivity contribution in [3.05, 3.63) is 63.6 Å². The van der Waals surface area contributed by atoms with Crippen molar-refractivity contribution in [1.29, 1.82) is 0 Å². The second-order valence-electron chi connectivity index (χ2n) is 6.89. The first kappa shape index (κ1) is 14.6. The van der Waals surface area contributed by atoms with Crippen LogP contribution in [0.3, 0.4) is 0 Å². The Bertz CT molecular complexity index is 713. The van der Waals surface area contributed by atoms with E-state index < -0.39 is 0 Å². The molecule has 0 atom stereocenters. The lowest BCUT2D eigenvalue weighted by molar-refractivity contribution is 0.204. The van der Waals surface area contributed by atoms with Crippen LogP contribution in [0.2, 0.25) is 0 Å². The molecule has 4 rings (SSSR count). The number of piperidine rings is 1. The van der Waals surface area contributed by atoms with Crippen LogP contribution in [0.25, 0.3) is 0 Å². The number of rotatable bonds is 4. The molecule has 0 radical (unpaired) electrons. The molecular formula is C19H23N3O. The van der Waals surface area contributed by atoms with E-state index in [2.05, 4.69) is 51.5 Å². The Labute approximate surface area is 136 Å². The second-order valence-corrected chi connectivity index (χ2v) is 6.89. The van der Waals surface area contributed by atoms with Gasteiger partial charge in [-0.1, -0.05) is 30.3 Å². The van der Waals surface area contributed by atoms with E-state index in [4.69, 9.17) is 0 Å². The lowest BCUT2D eigenvalue weighted by atomic mass is 9.89. The Balaban J connectivity index is 1.41.